The van der Waals surface area contributed by atoms with E-state index in [4.69, 9.17) is 5.73 Å². The summed E-state index contributed by atoms with van der Waals surface area (Å²) in [4.78, 5) is 10.3. The van der Waals surface area contributed by atoms with Gasteiger partial charge in [0.15, 0.2) is 0 Å². The molecule has 2 N–H and O–H groups in total. The first kappa shape index (κ1) is 7.91. The molecule has 0 saturated heterocycles. The summed E-state index contributed by atoms with van der Waals surface area (Å²) in [6.45, 7) is 3.57. The van der Waals surface area contributed by atoms with Gasteiger partial charge in [-0.25, -0.2) is 4.79 Å². The van der Waals surface area contributed by atoms with Crippen molar-refractivity contribution in [2.24, 2.45) is 5.73 Å². The van der Waals surface area contributed by atoms with E-state index in [9.17, 15) is 4.79 Å². The fourth-order valence-electron chi connectivity index (χ4n) is 0.219. The molecule has 0 bridgehead atoms. The minimum absolute atomic E-state index is 0.365. The lowest BCUT2D eigenvalue weighted by atomic mass is 10.6. The maximum atomic E-state index is 10.3. The Hall–Kier alpha value is -1.09. The highest BCUT2D eigenvalue weighted by Gasteiger charge is 1.86. The van der Waals surface area contributed by atoms with Gasteiger partial charge in [-0.3, -0.25) is 0 Å². The van der Waals surface area contributed by atoms with E-state index < -0.39 is 5.97 Å². The summed E-state index contributed by atoms with van der Waals surface area (Å²) in [6, 6.07) is 0. The van der Waals surface area contributed by atoms with E-state index >= 15 is 0 Å². The van der Waals surface area contributed by atoms with E-state index in [-0.39, 0.29) is 0 Å². The van der Waals surface area contributed by atoms with Gasteiger partial charge in [0, 0.05) is 12.6 Å². The lowest BCUT2D eigenvalue weighted by Gasteiger charge is -1.88. The van der Waals surface area contributed by atoms with Gasteiger partial charge in [0.1, 0.15) is 0 Å². The Morgan fingerprint density at radius 1 is 1.78 bits per heavy atom. The average molecular weight is 127 g/mol. The van der Waals surface area contributed by atoms with E-state index in [1.807, 2.05) is 0 Å². The molecule has 0 aromatic carbocycles. The summed E-state index contributed by atoms with van der Waals surface area (Å²) >= 11 is 0. The van der Waals surface area contributed by atoms with Crippen molar-refractivity contribution < 1.29 is 9.53 Å². The summed E-state index contributed by atoms with van der Waals surface area (Å²) in [6.07, 6.45) is 3.85. The highest BCUT2D eigenvalue weighted by Crippen LogP contribution is 1.78. The Balaban J connectivity index is 3.37. The van der Waals surface area contributed by atoms with Crippen LogP contribution >= 0.6 is 0 Å². The lowest BCUT2D eigenvalue weighted by Crippen LogP contribution is -1.96. The number of carbonyl (C=O) groups is 1. The first-order chi connectivity index (χ1) is 4.31. The predicted octanol–water partition coefficient (Wildman–Crippen LogP) is 0.188. The molecule has 0 unspecified atom stereocenters. The monoisotopic (exact) mass is 127 g/mol. The van der Waals surface area contributed by atoms with Crippen LogP contribution in [0.3, 0.4) is 0 Å². The first-order valence-corrected chi connectivity index (χ1v) is 2.49. The van der Waals surface area contributed by atoms with Crippen molar-refractivity contribution in [3.05, 3.63) is 25.0 Å². The first-order valence-electron chi connectivity index (χ1n) is 2.49. The molecule has 9 heavy (non-hydrogen) atoms. The molecule has 0 rings (SSSR count). The minimum atomic E-state index is -0.472. The fourth-order valence-corrected chi connectivity index (χ4v) is 0.219. The third-order valence-electron chi connectivity index (χ3n) is 0.583. The van der Waals surface area contributed by atoms with E-state index in [1.54, 1.807) is 0 Å². The molecule has 0 saturated carbocycles. The molecule has 0 aromatic heterocycles. The number of hydrogen-bond acceptors (Lipinski definition) is 3. The van der Waals surface area contributed by atoms with Crippen LogP contribution in [0.4, 0.5) is 0 Å². The summed E-state index contributed by atoms with van der Waals surface area (Å²) in [5.74, 6) is -0.472. The molecule has 3 nitrogen and oxygen atoms in total. The number of esters is 1. The molecule has 0 fully saturated rings. The molecule has 0 aliphatic carbocycles. The number of ether oxygens (including phenoxy) is 1. The summed E-state index contributed by atoms with van der Waals surface area (Å²) in [5, 5.41) is 0. The van der Waals surface area contributed by atoms with Crippen LogP contribution in [0.25, 0.3) is 0 Å². The zero-order valence-corrected chi connectivity index (χ0v) is 5.04. The van der Waals surface area contributed by atoms with Gasteiger partial charge in [0.25, 0.3) is 0 Å². The molecule has 0 spiro atoms. The highest BCUT2D eigenvalue weighted by atomic mass is 16.5. The van der Waals surface area contributed by atoms with Crippen LogP contribution in [0.15, 0.2) is 25.0 Å². The van der Waals surface area contributed by atoms with E-state index in [0.29, 0.717) is 6.54 Å². The minimum Gasteiger partial charge on any atom is -0.432 e. The van der Waals surface area contributed by atoms with Crippen LogP contribution in [0.5, 0.6) is 0 Å². The third-order valence-corrected chi connectivity index (χ3v) is 0.583. The van der Waals surface area contributed by atoms with Crippen LogP contribution in [0.1, 0.15) is 0 Å². The van der Waals surface area contributed by atoms with Gasteiger partial charge < -0.3 is 10.5 Å². The zero-order chi connectivity index (χ0) is 7.11. The summed E-state index contributed by atoms with van der Waals surface area (Å²) in [7, 11) is 0. The van der Waals surface area contributed by atoms with Crippen LogP contribution in [0.2, 0.25) is 0 Å². The van der Waals surface area contributed by atoms with Gasteiger partial charge in [-0.1, -0.05) is 6.58 Å². The van der Waals surface area contributed by atoms with E-state index in [0.717, 1.165) is 6.08 Å². The van der Waals surface area contributed by atoms with Crippen LogP contribution in [-0.4, -0.2) is 12.5 Å². The van der Waals surface area contributed by atoms with Crippen molar-refractivity contribution in [3.8, 4) is 0 Å². The van der Waals surface area contributed by atoms with Gasteiger partial charge in [0.05, 0.1) is 6.26 Å². The Morgan fingerprint density at radius 3 is 2.89 bits per heavy atom. The van der Waals surface area contributed by atoms with E-state index in [2.05, 4.69) is 11.3 Å². The number of rotatable bonds is 3. The van der Waals surface area contributed by atoms with Crippen LogP contribution in [0, 0.1) is 0 Å². The van der Waals surface area contributed by atoms with Crippen molar-refractivity contribution in [2.45, 2.75) is 0 Å². The normalized spacial score (nSPS) is 9.44. The molecule has 3 heteroatoms. The van der Waals surface area contributed by atoms with Gasteiger partial charge in [-0.05, 0) is 6.08 Å². The molecule has 0 radical (unpaired) electrons. The molecule has 0 atom stereocenters. The number of carbonyl (C=O) groups excluding carboxylic acids is 1. The maximum absolute atomic E-state index is 10.3. The Bertz CT molecular complexity index is 129. The largest absolute Gasteiger partial charge is 0.432 e. The molecule has 0 aromatic rings. The second kappa shape index (κ2) is 5.05. The van der Waals surface area contributed by atoms with Gasteiger partial charge >= 0.3 is 5.97 Å². The molecule has 0 amide bonds. The zero-order valence-electron chi connectivity index (χ0n) is 5.04. The van der Waals surface area contributed by atoms with E-state index in [1.165, 1.54) is 12.3 Å². The van der Waals surface area contributed by atoms with Gasteiger partial charge in [-0.15, -0.1) is 0 Å². The second-order valence-electron chi connectivity index (χ2n) is 1.25. The van der Waals surface area contributed by atoms with Crippen molar-refractivity contribution in [2.75, 3.05) is 6.54 Å². The standard InChI is InChI=1S/C6H9NO2/c1-2-6(8)9-5-3-4-7/h2-3,5H,1,4,7H2. The highest BCUT2D eigenvalue weighted by molar-refractivity contribution is 5.81. The Morgan fingerprint density at radius 2 is 2.44 bits per heavy atom. The maximum Gasteiger partial charge on any atom is 0.334 e. The van der Waals surface area contributed by atoms with Crippen LogP contribution in [-0.2, 0) is 9.53 Å². The SMILES string of the molecule is C=CC(=O)OC=CCN. The second-order valence-corrected chi connectivity index (χ2v) is 1.25. The lowest BCUT2D eigenvalue weighted by molar-refractivity contribution is -0.132. The third kappa shape index (κ3) is 4.77. The molecule has 0 heterocycles. The van der Waals surface area contributed by atoms with Crippen molar-refractivity contribution in [1.29, 1.82) is 0 Å². The topological polar surface area (TPSA) is 52.3 Å². The molecule has 50 valence electrons. The Labute approximate surface area is 53.8 Å². The summed E-state index contributed by atoms with van der Waals surface area (Å²) in [5.41, 5.74) is 5.05. The van der Waals surface area contributed by atoms with Crippen molar-refractivity contribution in [1.82, 2.24) is 0 Å². The molecule has 0 aliphatic rings. The van der Waals surface area contributed by atoms with Gasteiger partial charge in [-0.2, -0.15) is 0 Å². The number of nitrogens with two attached hydrogens (primary N) is 1. The van der Waals surface area contributed by atoms with Crippen molar-refractivity contribution >= 4 is 5.97 Å². The Kier molecular flexibility index (Phi) is 4.44. The van der Waals surface area contributed by atoms with Gasteiger partial charge in [0.2, 0.25) is 0 Å². The molecular formula is C6H9NO2. The van der Waals surface area contributed by atoms with Crippen LogP contribution < -0.4 is 5.73 Å². The number of hydrogen-bond donors (Lipinski definition) is 1. The van der Waals surface area contributed by atoms with Crippen molar-refractivity contribution in [3.63, 3.8) is 0 Å². The summed E-state index contributed by atoms with van der Waals surface area (Å²) < 4.78 is 4.41. The average Bonchev–Trinajstić information content (AvgIpc) is 1.89. The smallest absolute Gasteiger partial charge is 0.334 e. The predicted molar refractivity (Wildman–Crippen MR) is 34.5 cm³/mol. The molecule has 0 aliphatic heterocycles. The quantitative estimate of drug-likeness (QED) is 0.334. The molecular weight excluding hydrogens is 118 g/mol. The fraction of sp³-hybridized carbons (Fsp3) is 0.167.